The number of Topliss-reactive ketones (excluding diaryl/α,β-unsaturated/α-hetero) is 1. The molecular weight excluding hydrogens is 471 g/mol. The predicted molar refractivity (Wildman–Crippen MR) is 142 cm³/mol. The molecule has 1 heterocycles. The molecule has 3 aromatic carbocycles. The van der Waals surface area contributed by atoms with Crippen LogP contribution >= 0.6 is 11.8 Å². The first kappa shape index (κ1) is 24.1. The van der Waals surface area contributed by atoms with Crippen molar-refractivity contribution >= 4 is 29.1 Å². The summed E-state index contributed by atoms with van der Waals surface area (Å²) in [6.45, 7) is 1.88. The summed E-state index contributed by atoms with van der Waals surface area (Å²) in [7, 11) is 0. The number of benzene rings is 3. The van der Waals surface area contributed by atoms with Gasteiger partial charge in [-0.2, -0.15) is 0 Å². The number of amides is 1. The Morgan fingerprint density at radius 1 is 0.944 bits per heavy atom. The van der Waals surface area contributed by atoms with Crippen molar-refractivity contribution < 1.29 is 14.0 Å². The molecule has 0 saturated heterocycles. The predicted octanol–water partition coefficient (Wildman–Crippen LogP) is 6.55. The highest BCUT2D eigenvalue weighted by Gasteiger charge is 2.40. The second-order valence-corrected chi connectivity index (χ2v) is 10.0. The highest BCUT2D eigenvalue weighted by atomic mass is 32.2. The molecule has 2 atom stereocenters. The second-order valence-electron chi connectivity index (χ2n) is 9.16. The minimum Gasteiger partial charge on any atom is -0.362 e. The van der Waals surface area contributed by atoms with Gasteiger partial charge in [0.1, 0.15) is 5.82 Å². The number of carbonyl (C=O) groups excluding carboxylic acids is 2. The van der Waals surface area contributed by atoms with Crippen molar-refractivity contribution in [2.24, 2.45) is 0 Å². The van der Waals surface area contributed by atoms with Gasteiger partial charge in [-0.05, 0) is 73.0 Å². The summed E-state index contributed by atoms with van der Waals surface area (Å²) >= 11 is 1.64. The molecule has 0 fully saturated rings. The fraction of sp³-hybridized carbons (Fsp3) is 0.200. The van der Waals surface area contributed by atoms with E-state index in [0.29, 0.717) is 35.4 Å². The Kier molecular flexibility index (Phi) is 6.79. The first-order chi connectivity index (χ1) is 17.4. The Labute approximate surface area is 214 Å². The number of thioether (sulfide) groups is 1. The Balaban J connectivity index is 1.55. The lowest BCUT2D eigenvalue weighted by molar-refractivity contribution is -0.116. The van der Waals surface area contributed by atoms with Crippen molar-refractivity contribution in [1.82, 2.24) is 5.32 Å². The van der Waals surface area contributed by atoms with E-state index in [1.165, 1.54) is 24.3 Å². The molecule has 1 aliphatic carbocycles. The van der Waals surface area contributed by atoms with Gasteiger partial charge in [0.05, 0.1) is 0 Å². The van der Waals surface area contributed by atoms with Gasteiger partial charge >= 0.3 is 0 Å². The van der Waals surface area contributed by atoms with E-state index >= 15 is 0 Å². The zero-order valence-corrected chi connectivity index (χ0v) is 21.0. The van der Waals surface area contributed by atoms with E-state index in [0.717, 1.165) is 21.7 Å². The summed E-state index contributed by atoms with van der Waals surface area (Å²) in [5.41, 5.74) is 5.30. The molecule has 0 aromatic heterocycles. The highest BCUT2D eigenvalue weighted by molar-refractivity contribution is 7.98. The summed E-state index contributed by atoms with van der Waals surface area (Å²) < 4.78 is 13.4. The molecule has 4 nitrogen and oxygen atoms in total. The number of dihydropyridines is 1. The summed E-state index contributed by atoms with van der Waals surface area (Å²) in [5, 5.41) is 6.31. The van der Waals surface area contributed by atoms with Crippen LogP contribution in [0.1, 0.15) is 42.7 Å². The maximum absolute atomic E-state index is 13.7. The van der Waals surface area contributed by atoms with E-state index < -0.39 is 5.92 Å². The van der Waals surface area contributed by atoms with Crippen LogP contribution in [0.2, 0.25) is 0 Å². The van der Waals surface area contributed by atoms with Crippen molar-refractivity contribution in [2.75, 3.05) is 11.6 Å². The van der Waals surface area contributed by atoms with E-state index in [2.05, 4.69) is 22.8 Å². The smallest absolute Gasteiger partial charge is 0.254 e. The fourth-order valence-electron chi connectivity index (χ4n) is 5.16. The van der Waals surface area contributed by atoms with Gasteiger partial charge in [0.25, 0.3) is 5.91 Å². The van der Waals surface area contributed by atoms with Crippen LogP contribution in [0.3, 0.4) is 0 Å². The summed E-state index contributed by atoms with van der Waals surface area (Å²) in [6.07, 6.45) is 3.12. The Morgan fingerprint density at radius 3 is 2.31 bits per heavy atom. The third-order valence-corrected chi connectivity index (χ3v) is 7.64. The molecular formula is C30H27FN2O2S. The van der Waals surface area contributed by atoms with Gasteiger partial charge in [-0.3, -0.25) is 9.59 Å². The molecule has 2 N–H and O–H groups in total. The van der Waals surface area contributed by atoms with Gasteiger partial charge in [-0.15, -0.1) is 11.8 Å². The largest absolute Gasteiger partial charge is 0.362 e. The van der Waals surface area contributed by atoms with E-state index in [1.807, 2.05) is 55.6 Å². The van der Waals surface area contributed by atoms with E-state index in [-0.39, 0.29) is 23.4 Å². The number of nitrogens with one attached hydrogen (secondary N) is 2. The zero-order chi connectivity index (χ0) is 25.2. The first-order valence-electron chi connectivity index (χ1n) is 11.9. The summed E-state index contributed by atoms with van der Waals surface area (Å²) in [6, 6.07) is 23.8. The molecule has 2 aliphatic rings. The monoisotopic (exact) mass is 498 g/mol. The Hall–Kier alpha value is -3.64. The molecule has 182 valence electrons. The number of hydrogen-bond acceptors (Lipinski definition) is 4. The maximum Gasteiger partial charge on any atom is 0.254 e. The van der Waals surface area contributed by atoms with Crippen molar-refractivity contribution in [3.63, 3.8) is 0 Å². The molecule has 3 aromatic rings. The standard InChI is InChI=1S/C30H27FN2O2S/c1-18-27(30(35)33-23-12-10-22(31)11-13-23)28(20-8-14-24(36-2)15-9-20)29-25(32-18)16-21(17-26(29)34)19-6-4-3-5-7-19/h3-15,21,28,32H,16-17H2,1-2H3,(H,33,35)/t21-,28-/m1/s1. The maximum atomic E-state index is 13.7. The van der Waals surface area contributed by atoms with Crippen molar-refractivity contribution in [3.05, 3.63) is 118 Å². The number of rotatable bonds is 5. The normalized spacial score (nSPS) is 19.6. The number of anilines is 1. The third-order valence-electron chi connectivity index (χ3n) is 6.89. The third kappa shape index (κ3) is 4.73. The van der Waals surface area contributed by atoms with Gasteiger partial charge in [0, 0.05) is 45.5 Å². The fourth-order valence-corrected chi connectivity index (χ4v) is 5.57. The van der Waals surface area contributed by atoms with E-state index in [4.69, 9.17) is 0 Å². The van der Waals surface area contributed by atoms with Gasteiger partial charge < -0.3 is 10.6 Å². The topological polar surface area (TPSA) is 58.2 Å². The Bertz CT molecular complexity index is 1360. The number of halogens is 1. The van der Waals surface area contributed by atoms with Crippen LogP contribution < -0.4 is 10.6 Å². The average Bonchev–Trinajstić information content (AvgIpc) is 2.89. The van der Waals surface area contributed by atoms with Crippen LogP contribution in [0.4, 0.5) is 10.1 Å². The number of hydrogen-bond donors (Lipinski definition) is 2. The molecule has 36 heavy (non-hydrogen) atoms. The van der Waals surface area contributed by atoms with E-state index in [9.17, 15) is 14.0 Å². The summed E-state index contributed by atoms with van der Waals surface area (Å²) in [5.74, 6) is -1.02. The SMILES string of the molecule is CSc1ccc([C@@H]2C(C(=O)Nc3ccc(F)cc3)=C(C)NC3=C2C(=O)C[C@H](c2ccccc2)C3)cc1. The van der Waals surface area contributed by atoms with Gasteiger partial charge in [0.15, 0.2) is 5.78 Å². The van der Waals surface area contributed by atoms with Crippen LogP contribution in [0, 0.1) is 5.82 Å². The molecule has 0 unspecified atom stereocenters. The first-order valence-corrected chi connectivity index (χ1v) is 13.2. The number of carbonyl (C=O) groups is 2. The van der Waals surface area contributed by atoms with E-state index in [1.54, 1.807) is 11.8 Å². The minimum atomic E-state index is -0.484. The van der Waals surface area contributed by atoms with Crippen LogP contribution in [0.25, 0.3) is 0 Å². The average molecular weight is 499 g/mol. The lowest BCUT2D eigenvalue weighted by Gasteiger charge is -2.37. The van der Waals surface area contributed by atoms with Crippen molar-refractivity contribution in [1.29, 1.82) is 0 Å². The molecule has 0 bridgehead atoms. The van der Waals surface area contributed by atoms with Crippen LogP contribution in [0.5, 0.6) is 0 Å². The van der Waals surface area contributed by atoms with Crippen molar-refractivity contribution in [3.8, 4) is 0 Å². The minimum absolute atomic E-state index is 0.0520. The molecule has 0 saturated carbocycles. The van der Waals surface area contributed by atoms with Gasteiger partial charge in [0.2, 0.25) is 0 Å². The number of allylic oxidation sites excluding steroid dienone is 3. The second kappa shape index (κ2) is 10.2. The molecule has 1 aliphatic heterocycles. The van der Waals surface area contributed by atoms with Gasteiger partial charge in [-0.25, -0.2) is 4.39 Å². The van der Waals surface area contributed by atoms with Gasteiger partial charge in [-0.1, -0.05) is 42.5 Å². The number of ketones is 1. The van der Waals surface area contributed by atoms with Crippen molar-refractivity contribution in [2.45, 2.75) is 36.5 Å². The van der Waals surface area contributed by atoms with Crippen LogP contribution in [0.15, 0.2) is 106 Å². The zero-order valence-electron chi connectivity index (χ0n) is 20.2. The van der Waals surface area contributed by atoms with Crippen LogP contribution in [-0.2, 0) is 9.59 Å². The molecule has 5 rings (SSSR count). The highest BCUT2D eigenvalue weighted by Crippen LogP contribution is 2.45. The lowest BCUT2D eigenvalue weighted by Crippen LogP contribution is -2.37. The molecule has 0 radical (unpaired) electrons. The lowest BCUT2D eigenvalue weighted by atomic mass is 9.71. The summed E-state index contributed by atoms with van der Waals surface area (Å²) in [4.78, 5) is 28.4. The molecule has 1 amide bonds. The van der Waals surface area contributed by atoms with Crippen LogP contribution in [-0.4, -0.2) is 17.9 Å². The quantitative estimate of drug-likeness (QED) is 0.392. The molecule has 6 heteroatoms. The molecule has 0 spiro atoms. The Morgan fingerprint density at radius 2 is 1.64 bits per heavy atom.